The zero-order valence-electron chi connectivity index (χ0n) is 13.1. The summed E-state index contributed by atoms with van der Waals surface area (Å²) in [5, 5.41) is 19.4. The van der Waals surface area contributed by atoms with Crippen molar-refractivity contribution in [1.29, 1.82) is 0 Å². The number of carbonyl (C=O) groups excluding carboxylic acids is 1. The molecule has 6 heteroatoms. The maximum Gasteiger partial charge on any atom is 0.220 e. The number of H-pyrrole nitrogens is 1. The lowest BCUT2D eigenvalue weighted by Crippen LogP contribution is -2.32. The molecule has 3 N–H and O–H groups in total. The van der Waals surface area contributed by atoms with Crippen LogP contribution in [0.25, 0.3) is 0 Å². The predicted molar refractivity (Wildman–Crippen MR) is 82.4 cm³/mol. The fraction of sp³-hybridized carbons (Fsp3) is 0.500. The van der Waals surface area contributed by atoms with Crippen molar-refractivity contribution in [3.05, 3.63) is 41.1 Å². The molecular weight excluding hydrogens is 282 g/mol. The van der Waals surface area contributed by atoms with E-state index in [1.807, 2.05) is 26.0 Å². The number of amides is 1. The minimum Gasteiger partial charge on any atom is -0.469 e. The van der Waals surface area contributed by atoms with Crippen molar-refractivity contribution in [3.8, 4) is 0 Å². The van der Waals surface area contributed by atoms with Gasteiger partial charge in [-0.2, -0.15) is 5.10 Å². The number of aromatic amines is 1. The number of nitrogens with zero attached hydrogens (tertiary/aromatic N) is 1. The van der Waals surface area contributed by atoms with E-state index in [0.29, 0.717) is 25.8 Å². The second-order valence-corrected chi connectivity index (χ2v) is 5.56. The molecule has 0 unspecified atom stereocenters. The Balaban J connectivity index is 1.73. The van der Waals surface area contributed by atoms with Gasteiger partial charge in [0.2, 0.25) is 5.91 Å². The van der Waals surface area contributed by atoms with E-state index < -0.39 is 0 Å². The van der Waals surface area contributed by atoms with Gasteiger partial charge in [-0.05, 0) is 31.5 Å². The van der Waals surface area contributed by atoms with Gasteiger partial charge in [0.05, 0.1) is 12.0 Å². The van der Waals surface area contributed by atoms with Crippen LogP contribution in [0.5, 0.6) is 0 Å². The van der Waals surface area contributed by atoms with E-state index in [-0.39, 0.29) is 18.4 Å². The zero-order chi connectivity index (χ0) is 15.9. The highest BCUT2D eigenvalue weighted by molar-refractivity contribution is 5.76. The molecule has 22 heavy (non-hydrogen) atoms. The van der Waals surface area contributed by atoms with Crippen molar-refractivity contribution in [3.63, 3.8) is 0 Å². The summed E-state index contributed by atoms with van der Waals surface area (Å²) >= 11 is 0. The van der Waals surface area contributed by atoms with E-state index in [1.165, 1.54) is 0 Å². The average molecular weight is 305 g/mol. The Labute approximate surface area is 129 Å². The minimum atomic E-state index is -0.0375. The molecule has 6 nitrogen and oxygen atoms in total. The summed E-state index contributed by atoms with van der Waals surface area (Å²) in [5.74, 6) is 0.748. The lowest BCUT2D eigenvalue weighted by atomic mass is 10.0. The Morgan fingerprint density at radius 3 is 2.91 bits per heavy atom. The topological polar surface area (TPSA) is 91.2 Å². The molecule has 120 valence electrons. The van der Waals surface area contributed by atoms with Gasteiger partial charge in [0.15, 0.2) is 0 Å². The summed E-state index contributed by atoms with van der Waals surface area (Å²) in [6.45, 7) is 4.41. The van der Waals surface area contributed by atoms with Crippen molar-refractivity contribution in [2.45, 2.75) is 33.1 Å². The Kier molecular flexibility index (Phi) is 5.77. The van der Waals surface area contributed by atoms with Crippen LogP contribution in [-0.2, 0) is 17.6 Å². The number of rotatable bonds is 8. The van der Waals surface area contributed by atoms with Crippen molar-refractivity contribution in [2.24, 2.45) is 5.92 Å². The average Bonchev–Trinajstić information content (AvgIpc) is 3.13. The molecule has 1 atom stereocenters. The summed E-state index contributed by atoms with van der Waals surface area (Å²) < 4.78 is 5.26. The van der Waals surface area contributed by atoms with Crippen molar-refractivity contribution < 1.29 is 14.3 Å². The largest absolute Gasteiger partial charge is 0.469 e. The van der Waals surface area contributed by atoms with E-state index in [4.69, 9.17) is 4.42 Å². The van der Waals surface area contributed by atoms with Crippen LogP contribution in [0.15, 0.2) is 22.8 Å². The quantitative estimate of drug-likeness (QED) is 0.689. The molecule has 0 saturated heterocycles. The van der Waals surface area contributed by atoms with Gasteiger partial charge in [-0.15, -0.1) is 0 Å². The highest BCUT2D eigenvalue weighted by Gasteiger charge is 2.13. The zero-order valence-corrected chi connectivity index (χ0v) is 13.1. The first-order chi connectivity index (χ1) is 10.6. The van der Waals surface area contributed by atoms with Crippen molar-refractivity contribution in [2.75, 3.05) is 13.2 Å². The summed E-state index contributed by atoms with van der Waals surface area (Å²) in [4.78, 5) is 11.9. The lowest BCUT2D eigenvalue weighted by Gasteiger charge is -2.13. The van der Waals surface area contributed by atoms with Crippen LogP contribution in [0.4, 0.5) is 0 Å². The molecule has 0 aromatic carbocycles. The monoisotopic (exact) mass is 305 g/mol. The molecule has 0 radical (unpaired) electrons. The third-order valence-electron chi connectivity index (χ3n) is 3.86. The number of aliphatic hydroxyl groups is 1. The first-order valence-corrected chi connectivity index (χ1v) is 7.50. The minimum absolute atomic E-state index is 0.0125. The third-order valence-corrected chi connectivity index (χ3v) is 3.86. The molecule has 0 spiro atoms. The van der Waals surface area contributed by atoms with Gasteiger partial charge >= 0.3 is 0 Å². The standard InChI is InChI=1S/C16H23N3O3/c1-11-12(2)18-19-15(11)5-6-16(21)17-9-13(10-20)8-14-4-3-7-22-14/h3-4,7,13,20H,5-6,8-10H2,1-2H3,(H,17,21)(H,18,19)/t13-/m0/s1. The maximum atomic E-state index is 11.9. The fourth-order valence-electron chi connectivity index (χ4n) is 2.27. The van der Waals surface area contributed by atoms with E-state index >= 15 is 0 Å². The van der Waals surface area contributed by atoms with Gasteiger partial charge in [0.1, 0.15) is 5.76 Å². The van der Waals surface area contributed by atoms with Gasteiger partial charge in [0.25, 0.3) is 0 Å². The summed E-state index contributed by atoms with van der Waals surface area (Å²) in [6, 6.07) is 3.68. The normalized spacial score (nSPS) is 12.3. The summed E-state index contributed by atoms with van der Waals surface area (Å²) in [6.07, 6.45) is 3.23. The van der Waals surface area contributed by atoms with Gasteiger partial charge in [-0.25, -0.2) is 0 Å². The van der Waals surface area contributed by atoms with Crippen LogP contribution in [-0.4, -0.2) is 34.4 Å². The van der Waals surface area contributed by atoms with Crippen molar-refractivity contribution in [1.82, 2.24) is 15.5 Å². The highest BCUT2D eigenvalue weighted by Crippen LogP contribution is 2.11. The number of nitrogens with one attached hydrogen (secondary N) is 2. The van der Waals surface area contributed by atoms with Crippen LogP contribution >= 0.6 is 0 Å². The Hall–Kier alpha value is -2.08. The number of carbonyl (C=O) groups is 1. The van der Waals surface area contributed by atoms with Crippen molar-refractivity contribution >= 4 is 5.91 Å². The lowest BCUT2D eigenvalue weighted by molar-refractivity contribution is -0.121. The molecular formula is C16H23N3O3. The third kappa shape index (κ3) is 4.46. The van der Waals surface area contributed by atoms with Gasteiger partial charge in [-0.1, -0.05) is 0 Å². The smallest absolute Gasteiger partial charge is 0.220 e. The fourth-order valence-corrected chi connectivity index (χ4v) is 2.27. The molecule has 2 heterocycles. The Bertz CT molecular complexity index is 590. The van der Waals surface area contributed by atoms with E-state index in [2.05, 4.69) is 15.5 Å². The second-order valence-electron chi connectivity index (χ2n) is 5.56. The molecule has 1 amide bonds. The number of hydrogen-bond donors (Lipinski definition) is 3. The number of aryl methyl sites for hydroxylation is 2. The summed E-state index contributed by atoms with van der Waals surface area (Å²) in [7, 11) is 0. The first-order valence-electron chi connectivity index (χ1n) is 7.50. The van der Waals surface area contributed by atoms with E-state index in [0.717, 1.165) is 22.7 Å². The van der Waals surface area contributed by atoms with Crippen LogP contribution in [0.1, 0.15) is 29.1 Å². The van der Waals surface area contributed by atoms with Crippen LogP contribution in [0.3, 0.4) is 0 Å². The number of aliphatic hydroxyl groups excluding tert-OH is 1. The van der Waals surface area contributed by atoms with E-state index in [9.17, 15) is 9.90 Å². The van der Waals surface area contributed by atoms with Gasteiger partial charge in [0, 0.05) is 44.0 Å². The van der Waals surface area contributed by atoms with Gasteiger partial charge < -0.3 is 14.8 Å². The SMILES string of the molecule is Cc1[nH]nc(CCC(=O)NC[C@@H](CO)Cc2ccco2)c1C. The second kappa shape index (κ2) is 7.79. The molecule has 0 aliphatic heterocycles. The van der Waals surface area contributed by atoms with Crippen LogP contribution in [0.2, 0.25) is 0 Å². The molecule has 0 bridgehead atoms. The molecule has 0 saturated carbocycles. The number of furan rings is 1. The molecule has 0 fully saturated rings. The Morgan fingerprint density at radius 1 is 1.50 bits per heavy atom. The molecule has 2 rings (SSSR count). The number of aromatic nitrogens is 2. The predicted octanol–water partition coefficient (Wildman–Crippen LogP) is 1.52. The molecule has 0 aliphatic carbocycles. The maximum absolute atomic E-state index is 11.9. The number of hydrogen-bond acceptors (Lipinski definition) is 4. The Morgan fingerprint density at radius 2 is 2.32 bits per heavy atom. The molecule has 2 aromatic heterocycles. The van der Waals surface area contributed by atoms with Gasteiger partial charge in [-0.3, -0.25) is 9.89 Å². The first kappa shape index (κ1) is 16.3. The van der Waals surface area contributed by atoms with Crippen LogP contribution < -0.4 is 5.32 Å². The summed E-state index contributed by atoms with van der Waals surface area (Å²) in [5.41, 5.74) is 3.08. The molecule has 2 aromatic rings. The highest BCUT2D eigenvalue weighted by atomic mass is 16.3. The van der Waals surface area contributed by atoms with Crippen LogP contribution in [0, 0.1) is 19.8 Å². The van der Waals surface area contributed by atoms with E-state index in [1.54, 1.807) is 6.26 Å². The molecule has 0 aliphatic rings.